The first-order valence-corrected chi connectivity index (χ1v) is 8.06. The van der Waals surface area contributed by atoms with Crippen LogP contribution in [0.4, 0.5) is 0 Å². The fraction of sp³-hybridized carbons (Fsp3) is 0.533. The summed E-state index contributed by atoms with van der Waals surface area (Å²) >= 11 is 9.66. The van der Waals surface area contributed by atoms with Gasteiger partial charge < -0.3 is 4.90 Å². The molecule has 102 valence electrons. The minimum atomic E-state index is 0.259. The summed E-state index contributed by atoms with van der Waals surface area (Å²) in [6, 6.07) is 8.76. The molecule has 1 aromatic carbocycles. The van der Waals surface area contributed by atoms with Gasteiger partial charge in [0.2, 0.25) is 5.91 Å². The maximum atomic E-state index is 12.5. The Kier molecular flexibility index (Phi) is 3.86. The Morgan fingerprint density at radius 1 is 1.21 bits per heavy atom. The lowest BCUT2D eigenvalue weighted by molar-refractivity contribution is -0.134. The van der Waals surface area contributed by atoms with Gasteiger partial charge in [0.05, 0.1) is 6.42 Å². The smallest absolute Gasteiger partial charge is 0.227 e. The van der Waals surface area contributed by atoms with E-state index >= 15 is 0 Å². The van der Waals surface area contributed by atoms with Gasteiger partial charge in [-0.2, -0.15) is 0 Å². The third-order valence-corrected chi connectivity index (χ3v) is 5.12. The quantitative estimate of drug-likeness (QED) is 0.750. The molecule has 2 nitrogen and oxygen atoms in total. The van der Waals surface area contributed by atoms with Crippen LogP contribution in [0.25, 0.3) is 0 Å². The van der Waals surface area contributed by atoms with Gasteiger partial charge in [0.1, 0.15) is 0 Å². The third-order valence-electron chi connectivity index (χ3n) is 4.23. The lowest BCUT2D eigenvalue weighted by Gasteiger charge is -2.37. The number of benzene rings is 1. The summed E-state index contributed by atoms with van der Waals surface area (Å²) in [4.78, 5) is 14.6. The van der Waals surface area contributed by atoms with Crippen LogP contribution in [0.2, 0.25) is 0 Å². The molecule has 0 radical (unpaired) electrons. The monoisotopic (exact) mass is 341 g/mol. The molecule has 1 amide bonds. The van der Waals surface area contributed by atoms with Crippen LogP contribution in [0.15, 0.2) is 28.7 Å². The molecule has 2 fully saturated rings. The molecule has 2 unspecified atom stereocenters. The van der Waals surface area contributed by atoms with Crippen molar-refractivity contribution in [3.8, 4) is 0 Å². The number of carbonyl (C=O) groups is 1. The van der Waals surface area contributed by atoms with Crippen molar-refractivity contribution in [3.05, 3.63) is 34.3 Å². The lowest BCUT2D eigenvalue weighted by atomic mass is 10.0. The summed E-state index contributed by atoms with van der Waals surface area (Å²) in [6.07, 6.45) is 4.68. The molecule has 2 saturated heterocycles. The Bertz CT molecular complexity index is 462. The zero-order valence-corrected chi connectivity index (χ0v) is 13.0. The van der Waals surface area contributed by atoms with E-state index in [-0.39, 0.29) is 11.3 Å². The number of hydrogen-bond acceptors (Lipinski definition) is 1. The first-order valence-electron chi connectivity index (χ1n) is 6.83. The molecule has 2 heterocycles. The SMILES string of the molecule is O=C(Cc1ccc(Br)cc1)N1C2CCC1CC(Cl)C2. The lowest BCUT2D eigenvalue weighted by Crippen LogP contribution is -2.47. The number of fused-ring (bicyclic) bond motifs is 2. The molecule has 19 heavy (non-hydrogen) atoms. The van der Waals surface area contributed by atoms with Gasteiger partial charge in [-0.05, 0) is 43.4 Å². The molecule has 0 saturated carbocycles. The second-order valence-corrected chi connectivity index (χ2v) is 7.09. The molecule has 2 bridgehead atoms. The number of rotatable bonds is 2. The van der Waals surface area contributed by atoms with Crippen molar-refractivity contribution in [2.24, 2.45) is 0 Å². The van der Waals surface area contributed by atoms with E-state index in [1.807, 2.05) is 24.3 Å². The van der Waals surface area contributed by atoms with E-state index in [0.717, 1.165) is 35.7 Å². The molecule has 2 aliphatic rings. The number of piperidine rings is 1. The number of carbonyl (C=O) groups excluding carboxylic acids is 1. The van der Waals surface area contributed by atoms with Crippen LogP contribution in [0.3, 0.4) is 0 Å². The fourth-order valence-electron chi connectivity index (χ4n) is 3.39. The zero-order chi connectivity index (χ0) is 13.4. The summed E-state index contributed by atoms with van der Waals surface area (Å²) in [5.74, 6) is 0.262. The summed E-state index contributed by atoms with van der Waals surface area (Å²) in [5.41, 5.74) is 1.08. The van der Waals surface area contributed by atoms with Crippen LogP contribution in [-0.2, 0) is 11.2 Å². The van der Waals surface area contributed by atoms with Gasteiger partial charge in [-0.15, -0.1) is 11.6 Å². The number of halogens is 2. The summed E-state index contributed by atoms with van der Waals surface area (Å²) in [5, 5.41) is 0.259. The Morgan fingerprint density at radius 2 is 1.79 bits per heavy atom. The average Bonchev–Trinajstić information content (AvgIpc) is 2.65. The average molecular weight is 343 g/mol. The molecule has 2 atom stereocenters. The van der Waals surface area contributed by atoms with Gasteiger partial charge in [-0.1, -0.05) is 28.1 Å². The Hall–Kier alpha value is -0.540. The molecule has 3 rings (SSSR count). The van der Waals surface area contributed by atoms with Crippen LogP contribution in [0, 0.1) is 0 Å². The number of hydrogen-bond donors (Lipinski definition) is 0. The molecule has 0 aliphatic carbocycles. The van der Waals surface area contributed by atoms with E-state index in [4.69, 9.17) is 11.6 Å². The van der Waals surface area contributed by atoms with Crippen molar-refractivity contribution in [1.29, 1.82) is 0 Å². The number of amides is 1. The van der Waals surface area contributed by atoms with E-state index in [1.165, 1.54) is 0 Å². The van der Waals surface area contributed by atoms with E-state index in [1.54, 1.807) is 0 Å². The summed E-state index contributed by atoms with van der Waals surface area (Å²) in [7, 11) is 0. The van der Waals surface area contributed by atoms with Crippen LogP contribution < -0.4 is 0 Å². The van der Waals surface area contributed by atoms with Gasteiger partial charge >= 0.3 is 0 Å². The topological polar surface area (TPSA) is 20.3 Å². The number of nitrogens with zero attached hydrogens (tertiary/aromatic N) is 1. The molecule has 0 N–H and O–H groups in total. The minimum absolute atomic E-state index is 0.259. The molecule has 0 spiro atoms. The molecular weight excluding hydrogens is 326 g/mol. The second kappa shape index (κ2) is 5.45. The van der Waals surface area contributed by atoms with Gasteiger partial charge in [-0.25, -0.2) is 0 Å². The Balaban J connectivity index is 1.69. The molecule has 2 aliphatic heterocycles. The highest BCUT2D eigenvalue weighted by Gasteiger charge is 2.42. The highest BCUT2D eigenvalue weighted by atomic mass is 79.9. The van der Waals surface area contributed by atoms with E-state index in [9.17, 15) is 4.79 Å². The van der Waals surface area contributed by atoms with Crippen molar-refractivity contribution in [2.45, 2.75) is 49.6 Å². The predicted octanol–water partition coefficient (Wildman–Crippen LogP) is 3.75. The standard InChI is InChI=1S/C15H17BrClNO/c16-11-3-1-10(2-4-11)7-15(19)18-13-5-6-14(18)9-12(17)8-13/h1-4,12-14H,5-9H2. The fourth-order valence-corrected chi connectivity index (χ4v) is 4.06. The Morgan fingerprint density at radius 3 is 2.37 bits per heavy atom. The van der Waals surface area contributed by atoms with Gasteiger partial charge in [0.15, 0.2) is 0 Å². The Labute approximate surface area is 127 Å². The van der Waals surface area contributed by atoms with E-state index < -0.39 is 0 Å². The van der Waals surface area contributed by atoms with Gasteiger partial charge in [-0.3, -0.25) is 4.79 Å². The van der Waals surface area contributed by atoms with Crippen LogP contribution in [-0.4, -0.2) is 28.3 Å². The largest absolute Gasteiger partial charge is 0.336 e. The van der Waals surface area contributed by atoms with E-state index in [2.05, 4.69) is 20.8 Å². The number of alkyl halides is 1. The van der Waals surface area contributed by atoms with Crippen LogP contribution >= 0.6 is 27.5 Å². The minimum Gasteiger partial charge on any atom is -0.336 e. The molecule has 4 heteroatoms. The maximum absolute atomic E-state index is 12.5. The second-order valence-electron chi connectivity index (χ2n) is 5.56. The normalized spacial score (nSPS) is 29.6. The van der Waals surface area contributed by atoms with Crippen molar-refractivity contribution < 1.29 is 4.79 Å². The van der Waals surface area contributed by atoms with Crippen molar-refractivity contribution in [1.82, 2.24) is 4.90 Å². The first kappa shape index (κ1) is 13.4. The molecule has 1 aromatic rings. The van der Waals surface area contributed by atoms with Crippen molar-refractivity contribution in [2.75, 3.05) is 0 Å². The van der Waals surface area contributed by atoms with Gasteiger partial charge in [0, 0.05) is 21.9 Å². The summed E-state index contributed by atoms with van der Waals surface area (Å²) in [6.45, 7) is 0. The molecule has 0 aromatic heterocycles. The van der Waals surface area contributed by atoms with E-state index in [0.29, 0.717) is 18.5 Å². The maximum Gasteiger partial charge on any atom is 0.227 e. The third kappa shape index (κ3) is 2.82. The van der Waals surface area contributed by atoms with Gasteiger partial charge in [0.25, 0.3) is 0 Å². The van der Waals surface area contributed by atoms with Crippen molar-refractivity contribution >= 4 is 33.4 Å². The van der Waals surface area contributed by atoms with Crippen molar-refractivity contribution in [3.63, 3.8) is 0 Å². The van der Waals surface area contributed by atoms with Crippen LogP contribution in [0.5, 0.6) is 0 Å². The summed E-state index contributed by atoms with van der Waals surface area (Å²) < 4.78 is 1.05. The van der Waals surface area contributed by atoms with Crippen LogP contribution in [0.1, 0.15) is 31.2 Å². The highest BCUT2D eigenvalue weighted by Crippen LogP contribution is 2.38. The predicted molar refractivity (Wildman–Crippen MR) is 80.4 cm³/mol. The highest BCUT2D eigenvalue weighted by molar-refractivity contribution is 9.10. The molecular formula is C15H17BrClNO. The first-order chi connectivity index (χ1) is 9.13. The zero-order valence-electron chi connectivity index (χ0n) is 10.7.